The summed E-state index contributed by atoms with van der Waals surface area (Å²) >= 11 is 0. The smallest absolute Gasteiger partial charge is 0.0163 e. The molecule has 0 spiro atoms. The number of benzene rings is 2. The Bertz CT molecular complexity index is 404. The Labute approximate surface area is 212 Å². The van der Waals surface area contributed by atoms with Crippen molar-refractivity contribution in [3.8, 4) is 0 Å². The average molecular weight is 462 g/mol. The van der Waals surface area contributed by atoms with E-state index in [1.54, 1.807) is 0 Å². The molecule has 1 nitrogen and oxygen atoms in total. The van der Waals surface area contributed by atoms with E-state index in [0.717, 1.165) is 12.8 Å². The molecular formula is C32H63N. The van der Waals surface area contributed by atoms with E-state index >= 15 is 0 Å². The quantitative estimate of drug-likeness (QED) is 0.416. The molecule has 1 aliphatic rings. The first kappa shape index (κ1) is 52.5. The van der Waals surface area contributed by atoms with E-state index in [2.05, 4.69) is 48.7 Å². The number of allylic oxidation sites excluding steroid dienone is 6. The van der Waals surface area contributed by atoms with Crippen molar-refractivity contribution in [3.05, 3.63) is 109 Å². The van der Waals surface area contributed by atoms with E-state index in [-0.39, 0.29) is 29.7 Å². The predicted molar refractivity (Wildman–Crippen MR) is 165 cm³/mol. The first-order chi connectivity index (χ1) is 14.3. The first-order valence-electron chi connectivity index (χ1n) is 10.8. The molecule has 2 aromatic rings. The van der Waals surface area contributed by atoms with Crippen molar-refractivity contribution in [2.75, 3.05) is 14.1 Å². The zero-order chi connectivity index (χ0) is 22.8. The molecule has 0 radical (unpaired) electrons. The second-order valence-electron chi connectivity index (χ2n) is 4.88. The molecule has 0 heterocycles. The molecule has 196 valence electrons. The summed E-state index contributed by atoms with van der Waals surface area (Å²) in [6.07, 6.45) is 14.8. The number of nitrogens with one attached hydrogen (secondary N) is 1. The molecule has 2 aromatic carbocycles. The second kappa shape index (κ2) is 70.0. The lowest BCUT2D eigenvalue weighted by Crippen LogP contribution is -1.89. The van der Waals surface area contributed by atoms with Crippen molar-refractivity contribution in [2.45, 2.75) is 84.1 Å². The lowest BCUT2D eigenvalue weighted by molar-refractivity contribution is 1.02. The summed E-state index contributed by atoms with van der Waals surface area (Å²) in [4.78, 5) is 0. The second-order valence-corrected chi connectivity index (χ2v) is 4.88. The zero-order valence-corrected chi connectivity index (χ0v) is 20.3. The van der Waals surface area contributed by atoms with Gasteiger partial charge in [-0.1, -0.05) is 174 Å². The fourth-order valence-corrected chi connectivity index (χ4v) is 1.40. The molecule has 0 saturated heterocycles. The summed E-state index contributed by atoms with van der Waals surface area (Å²) in [6.45, 7) is 12.2. The third kappa shape index (κ3) is 81.8. The van der Waals surface area contributed by atoms with Gasteiger partial charge in [-0.05, 0) is 33.9 Å². The molecule has 1 N–H and O–H groups in total. The third-order valence-corrected chi connectivity index (χ3v) is 2.46. The summed E-state index contributed by atoms with van der Waals surface area (Å²) in [7, 11) is 3.75. The van der Waals surface area contributed by atoms with Gasteiger partial charge in [-0.25, -0.2) is 0 Å². The Balaban J connectivity index is -0.0000000374. The van der Waals surface area contributed by atoms with Gasteiger partial charge in [0, 0.05) is 0 Å². The minimum atomic E-state index is 0. The van der Waals surface area contributed by atoms with Crippen LogP contribution in [0.4, 0.5) is 0 Å². The lowest BCUT2D eigenvalue weighted by atomic mass is 10.4. The normalized spacial score (nSPS) is 8.00. The lowest BCUT2D eigenvalue weighted by Gasteiger charge is -1.69. The number of rotatable bonds is 1. The van der Waals surface area contributed by atoms with E-state index in [1.165, 1.54) is 0 Å². The molecule has 33 heavy (non-hydrogen) atoms. The Morgan fingerprint density at radius 2 is 0.788 bits per heavy atom. The highest BCUT2D eigenvalue weighted by Crippen LogP contribution is 1.93. The van der Waals surface area contributed by atoms with Crippen LogP contribution in [-0.2, 0) is 0 Å². The minimum absolute atomic E-state index is 0. The van der Waals surface area contributed by atoms with Gasteiger partial charge in [-0.3, -0.25) is 0 Å². The topological polar surface area (TPSA) is 12.0 Å². The van der Waals surface area contributed by atoms with Gasteiger partial charge in [0.2, 0.25) is 0 Å². The predicted octanol–water partition coefficient (Wildman–Crippen LogP) is 11.3. The van der Waals surface area contributed by atoms with Gasteiger partial charge in [0.25, 0.3) is 0 Å². The molecule has 3 rings (SSSR count). The fourth-order valence-electron chi connectivity index (χ4n) is 1.40. The molecule has 0 saturated carbocycles. The van der Waals surface area contributed by atoms with Gasteiger partial charge in [-0.2, -0.15) is 0 Å². The summed E-state index contributed by atoms with van der Waals surface area (Å²) in [6, 6.07) is 24.0. The number of hydrogen-bond donors (Lipinski definition) is 1. The molecule has 0 bridgehead atoms. The van der Waals surface area contributed by atoms with Gasteiger partial charge >= 0.3 is 0 Å². The largest absolute Gasteiger partial charge is 0.323 e. The molecule has 1 heteroatoms. The summed E-state index contributed by atoms with van der Waals surface area (Å²) in [5, 5.41) is 2.75. The molecule has 0 aromatic heterocycles. The van der Waals surface area contributed by atoms with Gasteiger partial charge in [0.1, 0.15) is 0 Å². The van der Waals surface area contributed by atoms with Gasteiger partial charge < -0.3 is 5.32 Å². The maximum Gasteiger partial charge on any atom is -0.0163 e. The van der Waals surface area contributed by atoms with Crippen LogP contribution in [0.25, 0.3) is 0 Å². The monoisotopic (exact) mass is 461 g/mol. The van der Waals surface area contributed by atoms with Gasteiger partial charge in [0.15, 0.2) is 0 Å². The van der Waals surface area contributed by atoms with Crippen LogP contribution in [0.2, 0.25) is 0 Å². The molecule has 0 aliphatic heterocycles. The van der Waals surface area contributed by atoms with Crippen LogP contribution >= 0.6 is 0 Å². The van der Waals surface area contributed by atoms with Crippen LogP contribution < -0.4 is 5.32 Å². The van der Waals surface area contributed by atoms with E-state index < -0.39 is 0 Å². The van der Waals surface area contributed by atoms with Crippen molar-refractivity contribution >= 4 is 0 Å². The van der Waals surface area contributed by atoms with Crippen molar-refractivity contribution in [2.24, 2.45) is 0 Å². The minimum Gasteiger partial charge on any atom is -0.323 e. The van der Waals surface area contributed by atoms with Crippen LogP contribution in [-0.4, -0.2) is 14.1 Å². The fraction of sp³-hybridized carbons (Fsp3) is 0.438. The highest BCUT2D eigenvalue weighted by atomic mass is 14.7. The molecule has 0 unspecified atom stereocenters. The van der Waals surface area contributed by atoms with E-state index in [4.69, 9.17) is 0 Å². The highest BCUT2D eigenvalue weighted by molar-refractivity contribution is 5.12. The maximum atomic E-state index is 2.75. The van der Waals surface area contributed by atoms with Gasteiger partial charge in [-0.15, -0.1) is 0 Å². The Hall–Kier alpha value is -2.38. The van der Waals surface area contributed by atoms with Crippen molar-refractivity contribution in [1.82, 2.24) is 5.32 Å². The Morgan fingerprint density at radius 3 is 0.848 bits per heavy atom. The average Bonchev–Trinajstić information content (AvgIpc) is 3.41. The summed E-state index contributed by atoms with van der Waals surface area (Å²) < 4.78 is 0. The van der Waals surface area contributed by atoms with Crippen LogP contribution in [0.3, 0.4) is 0 Å². The van der Waals surface area contributed by atoms with E-state index in [9.17, 15) is 0 Å². The molecule has 0 atom stereocenters. The van der Waals surface area contributed by atoms with Gasteiger partial charge in [0.05, 0.1) is 0 Å². The molecule has 1 aliphatic carbocycles. The standard InChI is InChI=1S/2C6H6.C5H6.C5H10.C2H7N.2C2H6.4CH4/c2*1-2-4-6-5-3-1;1-2-4-5-3-1;1-3-5-4-2;1-3-2;2*1-2;;;;/h2*1-6H;1-4H,5H2;3,5H,4H2,1-2H3;3H,1-2H3;2*1-2H3;4*1H4/b;;;5-3-;;;;;;;. The third-order valence-electron chi connectivity index (χ3n) is 2.46. The Kier molecular flexibility index (Phi) is 111. The van der Waals surface area contributed by atoms with Crippen LogP contribution in [0, 0.1) is 0 Å². The summed E-state index contributed by atoms with van der Waals surface area (Å²) in [5.74, 6) is 0. The maximum absolute atomic E-state index is 2.75. The molecular weight excluding hydrogens is 398 g/mol. The number of hydrogen-bond acceptors (Lipinski definition) is 1. The van der Waals surface area contributed by atoms with E-state index in [0.29, 0.717) is 0 Å². The van der Waals surface area contributed by atoms with Crippen molar-refractivity contribution < 1.29 is 0 Å². The molecule has 0 amide bonds. The molecule has 0 fully saturated rings. The van der Waals surface area contributed by atoms with Crippen LogP contribution in [0.15, 0.2) is 109 Å². The van der Waals surface area contributed by atoms with Crippen molar-refractivity contribution in [1.29, 1.82) is 0 Å². The zero-order valence-electron chi connectivity index (χ0n) is 20.3. The van der Waals surface area contributed by atoms with Crippen LogP contribution in [0.1, 0.15) is 84.1 Å². The SMILES string of the molecule is C.C.C.C.C/C=C\CC.C1=CCC=C1.CC.CC.CNC.c1ccccc1.c1ccccc1. The van der Waals surface area contributed by atoms with Crippen LogP contribution in [0.5, 0.6) is 0 Å². The van der Waals surface area contributed by atoms with Crippen molar-refractivity contribution in [3.63, 3.8) is 0 Å². The van der Waals surface area contributed by atoms with E-state index in [1.807, 2.05) is 122 Å². The highest BCUT2D eigenvalue weighted by Gasteiger charge is 1.72. The first-order valence-corrected chi connectivity index (χ1v) is 10.8. The Morgan fingerprint density at radius 1 is 0.576 bits per heavy atom. The summed E-state index contributed by atoms with van der Waals surface area (Å²) in [5.41, 5.74) is 0.